The van der Waals surface area contributed by atoms with Crippen LogP contribution in [0.25, 0.3) is 6.08 Å². The van der Waals surface area contributed by atoms with Crippen LogP contribution < -0.4 is 0 Å². The van der Waals surface area contributed by atoms with Crippen LogP contribution in [0.2, 0.25) is 0 Å². The molecule has 0 spiro atoms. The van der Waals surface area contributed by atoms with Gasteiger partial charge in [0.2, 0.25) is 6.41 Å². The summed E-state index contributed by atoms with van der Waals surface area (Å²) in [7, 11) is 0. The van der Waals surface area contributed by atoms with Gasteiger partial charge in [-0.05, 0) is 65.5 Å². The number of hydrogen-bond donors (Lipinski definition) is 0. The maximum absolute atomic E-state index is 11.5. The van der Waals surface area contributed by atoms with Crippen LogP contribution in [0.15, 0.2) is 78.4 Å². The highest BCUT2D eigenvalue weighted by molar-refractivity contribution is 5.67. The molecule has 2 heteroatoms. The van der Waals surface area contributed by atoms with Crippen LogP contribution in [0.3, 0.4) is 0 Å². The van der Waals surface area contributed by atoms with E-state index in [1.54, 1.807) is 0 Å². The second-order valence-corrected chi connectivity index (χ2v) is 8.50. The van der Waals surface area contributed by atoms with Crippen LogP contribution in [-0.2, 0) is 11.2 Å². The molecule has 166 valence electrons. The van der Waals surface area contributed by atoms with E-state index in [0.717, 1.165) is 41.5 Å². The van der Waals surface area contributed by atoms with Crippen molar-refractivity contribution in [3.63, 3.8) is 0 Å². The topological polar surface area (TPSA) is 20.3 Å². The molecular weight excluding hydrogens is 378 g/mol. The van der Waals surface area contributed by atoms with Crippen LogP contribution in [0.4, 0.5) is 0 Å². The van der Waals surface area contributed by atoms with Gasteiger partial charge in [0.1, 0.15) is 0 Å². The van der Waals surface area contributed by atoms with Gasteiger partial charge in [0.25, 0.3) is 0 Å². The van der Waals surface area contributed by atoms with Gasteiger partial charge in [0.15, 0.2) is 0 Å². The second-order valence-electron chi connectivity index (χ2n) is 8.50. The fourth-order valence-electron chi connectivity index (χ4n) is 3.85. The van der Waals surface area contributed by atoms with E-state index in [1.165, 1.54) is 37.7 Å². The number of carbonyl (C=O) groups excluding carboxylic acids is 1. The van der Waals surface area contributed by atoms with Crippen molar-refractivity contribution in [1.82, 2.24) is 4.90 Å². The van der Waals surface area contributed by atoms with Gasteiger partial charge in [0.05, 0.1) is 0 Å². The van der Waals surface area contributed by atoms with E-state index in [2.05, 4.69) is 81.7 Å². The molecule has 1 aliphatic rings. The lowest BCUT2D eigenvalue weighted by atomic mass is 9.92. The average Bonchev–Trinajstić information content (AvgIpc) is 2.80. The van der Waals surface area contributed by atoms with E-state index < -0.39 is 0 Å². The second kappa shape index (κ2) is 13.6. The highest BCUT2D eigenvalue weighted by atomic mass is 16.1. The first-order chi connectivity index (χ1) is 15.1. The van der Waals surface area contributed by atoms with Crippen LogP contribution in [0.5, 0.6) is 0 Å². The van der Waals surface area contributed by atoms with Crippen molar-refractivity contribution in [1.29, 1.82) is 0 Å². The number of unbranched alkanes of at least 4 members (excludes halogenated alkanes) is 2. The van der Waals surface area contributed by atoms with Gasteiger partial charge in [-0.1, -0.05) is 88.3 Å². The third kappa shape index (κ3) is 8.20. The third-order valence-electron chi connectivity index (χ3n) is 5.94. The quantitative estimate of drug-likeness (QED) is 0.258. The smallest absolute Gasteiger partial charge is 0.210 e. The molecule has 1 atom stereocenters. The first kappa shape index (κ1) is 24.7. The lowest BCUT2D eigenvalue weighted by molar-refractivity contribution is -0.117. The molecule has 31 heavy (non-hydrogen) atoms. The molecule has 1 fully saturated rings. The molecule has 0 aliphatic carbocycles. The zero-order chi connectivity index (χ0) is 22.5. The van der Waals surface area contributed by atoms with Crippen molar-refractivity contribution in [2.45, 2.75) is 58.8 Å². The van der Waals surface area contributed by atoms with Crippen LogP contribution in [0, 0.1) is 5.92 Å². The Labute approximate surface area is 189 Å². The molecule has 0 N–H and O–H groups in total. The van der Waals surface area contributed by atoms with E-state index in [9.17, 15) is 4.79 Å². The van der Waals surface area contributed by atoms with E-state index in [-0.39, 0.29) is 0 Å². The maximum Gasteiger partial charge on any atom is 0.210 e. The van der Waals surface area contributed by atoms with E-state index in [1.807, 2.05) is 4.90 Å². The molecular formula is C29H39NO. The summed E-state index contributed by atoms with van der Waals surface area (Å²) in [4.78, 5) is 13.3. The molecule has 0 radical (unpaired) electrons. The highest BCUT2D eigenvalue weighted by Gasteiger charge is 2.20. The summed E-state index contributed by atoms with van der Waals surface area (Å²) in [5, 5.41) is 0. The molecule has 1 aromatic rings. The zero-order valence-electron chi connectivity index (χ0n) is 19.5. The number of hydrogen-bond acceptors (Lipinski definition) is 1. The number of nitrogens with zero attached hydrogens (tertiary/aromatic N) is 1. The molecule has 1 aliphatic heterocycles. The van der Waals surface area contributed by atoms with E-state index in [4.69, 9.17) is 0 Å². The number of allylic oxidation sites excluding steroid dienone is 4. The monoisotopic (exact) mass is 417 g/mol. The lowest BCUT2D eigenvalue weighted by Crippen LogP contribution is -2.32. The summed E-state index contributed by atoms with van der Waals surface area (Å²) in [5.74, 6) is 0.534. The normalized spacial score (nSPS) is 18.1. The number of carbonyl (C=O) groups is 1. The Morgan fingerprint density at radius 3 is 2.42 bits per heavy atom. The number of benzene rings is 1. The number of amides is 1. The Morgan fingerprint density at radius 1 is 1.06 bits per heavy atom. The zero-order valence-corrected chi connectivity index (χ0v) is 19.5. The van der Waals surface area contributed by atoms with Crippen molar-refractivity contribution in [2.75, 3.05) is 13.1 Å². The molecule has 0 aromatic heterocycles. The Kier molecular flexibility index (Phi) is 10.9. The number of piperidine rings is 1. The Bertz CT molecular complexity index is 810. The predicted molar refractivity (Wildman–Crippen MR) is 135 cm³/mol. The molecule has 0 bridgehead atoms. The van der Waals surface area contributed by atoms with Crippen molar-refractivity contribution in [2.24, 2.45) is 5.92 Å². The van der Waals surface area contributed by atoms with E-state index in [0.29, 0.717) is 19.0 Å². The third-order valence-corrected chi connectivity index (χ3v) is 5.94. The van der Waals surface area contributed by atoms with Crippen LogP contribution in [-0.4, -0.2) is 24.4 Å². The Morgan fingerprint density at radius 2 is 1.77 bits per heavy atom. The lowest BCUT2D eigenvalue weighted by Gasteiger charge is -2.29. The fourth-order valence-corrected chi connectivity index (χ4v) is 3.85. The summed E-state index contributed by atoms with van der Waals surface area (Å²) in [5.41, 5.74) is 5.77. The van der Waals surface area contributed by atoms with Crippen LogP contribution >= 0.6 is 0 Å². The highest BCUT2D eigenvalue weighted by Crippen LogP contribution is 2.27. The van der Waals surface area contributed by atoms with Gasteiger partial charge in [-0.2, -0.15) is 0 Å². The number of aryl methyl sites for hydroxylation is 1. The Balaban J connectivity index is 2.10. The van der Waals surface area contributed by atoms with E-state index >= 15 is 0 Å². The SMILES string of the molecule is C=CC(C/C=C/C=C1\CN(C=O)C/C(=C\c2ccc(CCCC)cc2)C1=C)CCCC. The Hall–Kier alpha value is -2.61. The van der Waals surface area contributed by atoms with Gasteiger partial charge >= 0.3 is 0 Å². The molecule has 2 nitrogen and oxygen atoms in total. The standard InChI is InChI=1S/C29H39NO/c1-5-8-12-25(7-3)14-10-11-15-28-21-30(23-31)22-29(24(28)4)20-27-18-16-26(17-19-27)13-9-6-2/h7,10-11,15-20,23,25H,3-6,8-9,12-14,21-22H2,1-2H3/b11-10+,28-15+,29-20+. The predicted octanol–water partition coefficient (Wildman–Crippen LogP) is 7.31. The maximum atomic E-state index is 11.5. The summed E-state index contributed by atoms with van der Waals surface area (Å²) >= 11 is 0. The molecule has 1 unspecified atom stereocenters. The number of likely N-dealkylation sites (tertiary alicyclic amines) is 1. The summed E-state index contributed by atoms with van der Waals surface area (Å²) < 4.78 is 0. The first-order valence-corrected chi connectivity index (χ1v) is 11.8. The minimum absolute atomic E-state index is 0.534. The average molecular weight is 418 g/mol. The van der Waals surface area contributed by atoms with Gasteiger partial charge < -0.3 is 4.90 Å². The molecule has 2 rings (SSSR count). The van der Waals surface area contributed by atoms with Gasteiger partial charge in [-0.25, -0.2) is 0 Å². The minimum Gasteiger partial charge on any atom is -0.337 e. The van der Waals surface area contributed by atoms with Gasteiger partial charge in [-0.3, -0.25) is 4.79 Å². The van der Waals surface area contributed by atoms with Crippen molar-refractivity contribution in [3.05, 3.63) is 89.6 Å². The van der Waals surface area contributed by atoms with Crippen molar-refractivity contribution in [3.8, 4) is 0 Å². The molecule has 1 saturated heterocycles. The van der Waals surface area contributed by atoms with Crippen molar-refractivity contribution < 1.29 is 4.79 Å². The summed E-state index contributed by atoms with van der Waals surface area (Å²) in [6.45, 7) is 14.0. The van der Waals surface area contributed by atoms with Gasteiger partial charge in [0, 0.05) is 13.1 Å². The fraction of sp³-hybridized carbons (Fsp3) is 0.414. The molecule has 1 amide bonds. The molecule has 0 saturated carbocycles. The largest absolute Gasteiger partial charge is 0.337 e. The molecule has 1 heterocycles. The van der Waals surface area contributed by atoms with Gasteiger partial charge in [-0.15, -0.1) is 6.58 Å². The van der Waals surface area contributed by atoms with Crippen LogP contribution in [0.1, 0.15) is 63.5 Å². The van der Waals surface area contributed by atoms with Crippen molar-refractivity contribution >= 4 is 12.5 Å². The number of rotatable bonds is 12. The molecule has 1 aromatic carbocycles. The minimum atomic E-state index is 0.534. The summed E-state index contributed by atoms with van der Waals surface area (Å²) in [6, 6.07) is 8.75. The summed E-state index contributed by atoms with van der Waals surface area (Å²) in [6.07, 6.45) is 19.8. The first-order valence-electron chi connectivity index (χ1n) is 11.8.